The molecule has 0 aliphatic rings. The molecule has 1 atom stereocenters. The standard InChI is InChI=1S/C13H11ClFN/c14-10-6-7-11(12(15)8-10)13(16)9-4-2-1-3-5-9/h1-8,13H,16H2. The molecule has 0 spiro atoms. The van der Waals surface area contributed by atoms with Crippen LogP contribution >= 0.6 is 11.6 Å². The second-order valence-corrected chi connectivity index (χ2v) is 3.99. The summed E-state index contributed by atoms with van der Waals surface area (Å²) in [6.07, 6.45) is 0. The van der Waals surface area contributed by atoms with E-state index < -0.39 is 6.04 Å². The molecule has 1 nitrogen and oxygen atoms in total. The molecule has 0 aliphatic heterocycles. The highest BCUT2D eigenvalue weighted by molar-refractivity contribution is 6.30. The maximum Gasteiger partial charge on any atom is 0.129 e. The average molecular weight is 236 g/mol. The summed E-state index contributed by atoms with van der Waals surface area (Å²) in [7, 11) is 0. The summed E-state index contributed by atoms with van der Waals surface area (Å²) in [6, 6.07) is 13.5. The van der Waals surface area contributed by atoms with Gasteiger partial charge < -0.3 is 5.73 Å². The summed E-state index contributed by atoms with van der Waals surface area (Å²) in [4.78, 5) is 0. The van der Waals surface area contributed by atoms with Gasteiger partial charge in [0.05, 0.1) is 6.04 Å². The summed E-state index contributed by atoms with van der Waals surface area (Å²) >= 11 is 5.69. The van der Waals surface area contributed by atoms with E-state index in [0.29, 0.717) is 10.6 Å². The van der Waals surface area contributed by atoms with Crippen molar-refractivity contribution in [1.29, 1.82) is 0 Å². The Morgan fingerprint density at radius 1 is 1.06 bits per heavy atom. The van der Waals surface area contributed by atoms with E-state index in [0.717, 1.165) is 5.56 Å². The largest absolute Gasteiger partial charge is 0.320 e. The van der Waals surface area contributed by atoms with Crippen molar-refractivity contribution in [2.75, 3.05) is 0 Å². The third kappa shape index (κ3) is 2.23. The quantitative estimate of drug-likeness (QED) is 0.847. The second-order valence-electron chi connectivity index (χ2n) is 3.55. The van der Waals surface area contributed by atoms with Gasteiger partial charge in [-0.05, 0) is 17.7 Å². The Labute approximate surface area is 98.7 Å². The predicted octanol–water partition coefficient (Wildman–Crippen LogP) is 3.53. The first-order valence-corrected chi connectivity index (χ1v) is 5.32. The summed E-state index contributed by atoms with van der Waals surface area (Å²) in [5, 5.41) is 0.376. The van der Waals surface area contributed by atoms with Crippen LogP contribution in [0.5, 0.6) is 0 Å². The van der Waals surface area contributed by atoms with Crippen LogP contribution in [0.3, 0.4) is 0 Å². The summed E-state index contributed by atoms with van der Waals surface area (Å²) in [5.74, 6) is -0.371. The molecule has 3 heteroatoms. The van der Waals surface area contributed by atoms with Gasteiger partial charge in [-0.2, -0.15) is 0 Å². The van der Waals surface area contributed by atoms with E-state index in [2.05, 4.69) is 0 Å². The molecule has 0 fully saturated rings. The Morgan fingerprint density at radius 3 is 2.38 bits per heavy atom. The Morgan fingerprint density at radius 2 is 1.75 bits per heavy atom. The number of benzene rings is 2. The number of hydrogen-bond donors (Lipinski definition) is 1. The van der Waals surface area contributed by atoms with Crippen LogP contribution in [0.25, 0.3) is 0 Å². The van der Waals surface area contributed by atoms with Crippen molar-refractivity contribution in [3.63, 3.8) is 0 Å². The van der Waals surface area contributed by atoms with Gasteiger partial charge in [0.25, 0.3) is 0 Å². The molecule has 0 amide bonds. The lowest BCUT2D eigenvalue weighted by atomic mass is 9.99. The SMILES string of the molecule is NC(c1ccccc1)c1ccc(Cl)cc1F. The highest BCUT2D eigenvalue weighted by Crippen LogP contribution is 2.24. The molecule has 82 valence electrons. The van der Waals surface area contributed by atoms with Crippen LogP contribution < -0.4 is 5.73 Å². The predicted molar refractivity (Wildman–Crippen MR) is 63.9 cm³/mol. The number of nitrogens with two attached hydrogens (primary N) is 1. The van der Waals surface area contributed by atoms with Crippen molar-refractivity contribution in [3.05, 3.63) is 70.5 Å². The van der Waals surface area contributed by atoms with E-state index in [1.807, 2.05) is 30.3 Å². The fraction of sp³-hybridized carbons (Fsp3) is 0.0769. The van der Waals surface area contributed by atoms with Crippen LogP contribution in [0.1, 0.15) is 17.2 Å². The highest BCUT2D eigenvalue weighted by atomic mass is 35.5. The molecule has 0 aliphatic carbocycles. The fourth-order valence-electron chi connectivity index (χ4n) is 1.59. The molecule has 16 heavy (non-hydrogen) atoms. The van der Waals surface area contributed by atoms with Gasteiger partial charge in [-0.15, -0.1) is 0 Å². The molecule has 1 unspecified atom stereocenters. The van der Waals surface area contributed by atoms with Crippen LogP contribution in [0.2, 0.25) is 5.02 Å². The van der Waals surface area contributed by atoms with Gasteiger partial charge in [0.1, 0.15) is 5.82 Å². The zero-order chi connectivity index (χ0) is 11.5. The van der Waals surface area contributed by atoms with Crippen LogP contribution in [-0.4, -0.2) is 0 Å². The van der Waals surface area contributed by atoms with Crippen LogP contribution in [0, 0.1) is 5.82 Å². The number of halogens is 2. The molecule has 0 aromatic heterocycles. The van der Waals surface area contributed by atoms with E-state index in [9.17, 15) is 4.39 Å². The van der Waals surface area contributed by atoms with E-state index in [-0.39, 0.29) is 5.82 Å². The van der Waals surface area contributed by atoms with Crippen molar-refractivity contribution in [2.24, 2.45) is 5.73 Å². The molecule has 2 N–H and O–H groups in total. The van der Waals surface area contributed by atoms with Crippen molar-refractivity contribution in [1.82, 2.24) is 0 Å². The van der Waals surface area contributed by atoms with Crippen LogP contribution in [-0.2, 0) is 0 Å². The summed E-state index contributed by atoms with van der Waals surface area (Å²) < 4.78 is 13.6. The Kier molecular flexibility index (Phi) is 3.22. The molecule has 0 saturated carbocycles. The lowest BCUT2D eigenvalue weighted by molar-refractivity contribution is 0.600. The van der Waals surface area contributed by atoms with Crippen molar-refractivity contribution >= 4 is 11.6 Å². The number of rotatable bonds is 2. The van der Waals surface area contributed by atoms with Gasteiger partial charge >= 0.3 is 0 Å². The first kappa shape index (κ1) is 11.1. The lowest BCUT2D eigenvalue weighted by Crippen LogP contribution is -2.13. The third-order valence-corrected chi connectivity index (χ3v) is 2.69. The first-order chi connectivity index (χ1) is 7.68. The Balaban J connectivity index is 2.38. The van der Waals surface area contributed by atoms with Gasteiger partial charge in [-0.25, -0.2) is 4.39 Å². The molecule has 2 aromatic rings. The first-order valence-electron chi connectivity index (χ1n) is 4.94. The van der Waals surface area contributed by atoms with Gasteiger partial charge in [0, 0.05) is 10.6 Å². The monoisotopic (exact) mass is 235 g/mol. The zero-order valence-corrected chi connectivity index (χ0v) is 9.29. The van der Waals surface area contributed by atoms with E-state index in [4.69, 9.17) is 17.3 Å². The summed E-state index contributed by atoms with van der Waals surface area (Å²) in [5.41, 5.74) is 7.32. The highest BCUT2D eigenvalue weighted by Gasteiger charge is 2.13. The third-order valence-electron chi connectivity index (χ3n) is 2.46. The lowest BCUT2D eigenvalue weighted by Gasteiger charge is -2.13. The zero-order valence-electron chi connectivity index (χ0n) is 8.53. The van der Waals surface area contributed by atoms with Gasteiger partial charge in [-0.1, -0.05) is 48.0 Å². The van der Waals surface area contributed by atoms with E-state index >= 15 is 0 Å². The average Bonchev–Trinajstić information content (AvgIpc) is 2.29. The Bertz CT molecular complexity index is 485. The summed E-state index contributed by atoms with van der Waals surface area (Å²) in [6.45, 7) is 0. The normalized spacial score (nSPS) is 12.4. The van der Waals surface area contributed by atoms with Crippen molar-refractivity contribution in [2.45, 2.75) is 6.04 Å². The molecule has 0 bridgehead atoms. The van der Waals surface area contributed by atoms with E-state index in [1.54, 1.807) is 12.1 Å². The maximum absolute atomic E-state index is 13.6. The fourth-order valence-corrected chi connectivity index (χ4v) is 1.75. The smallest absolute Gasteiger partial charge is 0.129 e. The minimum absolute atomic E-state index is 0.371. The van der Waals surface area contributed by atoms with Gasteiger partial charge in [0.2, 0.25) is 0 Å². The minimum Gasteiger partial charge on any atom is -0.320 e. The molecular weight excluding hydrogens is 225 g/mol. The molecule has 0 saturated heterocycles. The molecule has 2 rings (SSSR count). The molecular formula is C13H11ClFN. The number of hydrogen-bond acceptors (Lipinski definition) is 1. The maximum atomic E-state index is 13.6. The Hall–Kier alpha value is -1.38. The van der Waals surface area contributed by atoms with E-state index in [1.165, 1.54) is 6.07 Å². The van der Waals surface area contributed by atoms with Crippen LogP contribution in [0.15, 0.2) is 48.5 Å². The molecule has 2 aromatic carbocycles. The van der Waals surface area contributed by atoms with Crippen molar-refractivity contribution < 1.29 is 4.39 Å². The van der Waals surface area contributed by atoms with Gasteiger partial charge in [-0.3, -0.25) is 0 Å². The second kappa shape index (κ2) is 4.64. The van der Waals surface area contributed by atoms with Gasteiger partial charge in [0.15, 0.2) is 0 Å². The minimum atomic E-state index is -0.460. The molecule has 0 heterocycles. The van der Waals surface area contributed by atoms with Crippen molar-refractivity contribution in [3.8, 4) is 0 Å². The molecule has 0 radical (unpaired) electrons. The van der Waals surface area contributed by atoms with Crippen LogP contribution in [0.4, 0.5) is 4.39 Å². The topological polar surface area (TPSA) is 26.0 Å².